The van der Waals surface area contributed by atoms with Crippen molar-refractivity contribution in [2.75, 3.05) is 0 Å². The van der Waals surface area contributed by atoms with Crippen LogP contribution in [0, 0.1) is 22.7 Å². The Bertz CT molecular complexity index is 1980. The highest BCUT2D eigenvalue weighted by atomic mass is 16.3. The number of aromatic hydroxyl groups is 1. The van der Waals surface area contributed by atoms with E-state index < -0.39 is 0 Å². The number of aromatic amines is 2. The second-order valence-corrected chi connectivity index (χ2v) is 8.89. The van der Waals surface area contributed by atoms with Crippen LogP contribution < -0.4 is 0 Å². The minimum atomic E-state index is 0.0862. The number of nitrogens with zero attached hydrogens (tertiary/aromatic N) is 4. The third-order valence-corrected chi connectivity index (χ3v) is 6.67. The SMILES string of the molecule is N#C/C(=C(/C(=C(\C#N)c1c[nH]c2ccccc12)c1cccnc1)c1cccnc1)c1c[nH]c2ccc(O)cc12. The van der Waals surface area contributed by atoms with Crippen molar-refractivity contribution in [1.82, 2.24) is 19.9 Å². The normalized spacial score (nSPS) is 12.5. The molecule has 4 heterocycles. The molecule has 184 valence electrons. The molecular formula is C32H20N6O. The Balaban J connectivity index is 1.79. The van der Waals surface area contributed by atoms with Gasteiger partial charge in [-0.2, -0.15) is 10.5 Å². The van der Waals surface area contributed by atoms with E-state index in [1.807, 2.05) is 42.6 Å². The summed E-state index contributed by atoms with van der Waals surface area (Å²) in [7, 11) is 0. The van der Waals surface area contributed by atoms with Crippen LogP contribution in [0.3, 0.4) is 0 Å². The molecular weight excluding hydrogens is 484 g/mol. The smallest absolute Gasteiger partial charge is 0.116 e. The lowest BCUT2D eigenvalue weighted by molar-refractivity contribution is 0.476. The first-order valence-electron chi connectivity index (χ1n) is 12.2. The molecule has 6 rings (SSSR count). The fourth-order valence-corrected chi connectivity index (χ4v) is 4.94. The molecule has 0 unspecified atom stereocenters. The number of H-pyrrole nitrogens is 2. The number of nitriles is 2. The van der Waals surface area contributed by atoms with Crippen LogP contribution in [0.2, 0.25) is 0 Å². The molecule has 0 radical (unpaired) electrons. The van der Waals surface area contributed by atoms with Crippen molar-refractivity contribution >= 4 is 44.1 Å². The maximum Gasteiger partial charge on any atom is 0.116 e. The average Bonchev–Trinajstić information content (AvgIpc) is 3.60. The van der Waals surface area contributed by atoms with Gasteiger partial charge in [0.15, 0.2) is 0 Å². The van der Waals surface area contributed by atoms with E-state index in [0.717, 1.165) is 16.4 Å². The molecule has 0 amide bonds. The topological polar surface area (TPSA) is 125 Å². The number of aromatic nitrogens is 4. The van der Waals surface area contributed by atoms with Gasteiger partial charge >= 0.3 is 0 Å². The maximum atomic E-state index is 10.7. The monoisotopic (exact) mass is 504 g/mol. The molecule has 39 heavy (non-hydrogen) atoms. The zero-order valence-corrected chi connectivity index (χ0v) is 20.6. The van der Waals surface area contributed by atoms with Crippen LogP contribution in [0.15, 0.2) is 104 Å². The van der Waals surface area contributed by atoms with Crippen molar-refractivity contribution in [2.45, 2.75) is 0 Å². The van der Waals surface area contributed by atoms with E-state index in [1.165, 1.54) is 0 Å². The Labute approximate surface area is 223 Å². The highest BCUT2D eigenvalue weighted by Crippen LogP contribution is 2.44. The number of fused-ring (bicyclic) bond motifs is 2. The Kier molecular flexibility index (Phi) is 5.93. The lowest BCUT2D eigenvalue weighted by Crippen LogP contribution is -2.00. The molecule has 6 aromatic rings. The summed E-state index contributed by atoms with van der Waals surface area (Å²) in [5.74, 6) is 0.0862. The number of phenolic OH excluding ortho intramolecular Hbond substituents is 1. The van der Waals surface area contributed by atoms with Gasteiger partial charge in [0.2, 0.25) is 0 Å². The molecule has 0 aliphatic heterocycles. The molecule has 4 aromatic heterocycles. The van der Waals surface area contributed by atoms with Gasteiger partial charge in [0.1, 0.15) is 17.9 Å². The fraction of sp³-hybridized carbons (Fsp3) is 0. The van der Waals surface area contributed by atoms with Gasteiger partial charge in [0, 0.05) is 92.4 Å². The number of rotatable bonds is 5. The molecule has 0 aliphatic rings. The number of benzene rings is 2. The van der Waals surface area contributed by atoms with Crippen LogP contribution >= 0.6 is 0 Å². The highest BCUT2D eigenvalue weighted by Gasteiger charge is 2.25. The Hall–Kier alpha value is -5.92. The number of hydrogen-bond acceptors (Lipinski definition) is 5. The maximum absolute atomic E-state index is 10.7. The van der Waals surface area contributed by atoms with Gasteiger partial charge in [-0.15, -0.1) is 0 Å². The summed E-state index contributed by atoms with van der Waals surface area (Å²) in [5.41, 5.74) is 6.10. The number of phenols is 1. The van der Waals surface area contributed by atoms with E-state index in [0.29, 0.717) is 49.9 Å². The van der Waals surface area contributed by atoms with Gasteiger partial charge in [-0.05, 0) is 36.4 Å². The zero-order chi connectivity index (χ0) is 26.8. The average molecular weight is 505 g/mol. The van der Waals surface area contributed by atoms with Crippen LogP contribution in [0.25, 0.3) is 44.1 Å². The third-order valence-electron chi connectivity index (χ3n) is 6.67. The van der Waals surface area contributed by atoms with Crippen molar-refractivity contribution in [1.29, 1.82) is 10.5 Å². The van der Waals surface area contributed by atoms with Crippen molar-refractivity contribution in [2.24, 2.45) is 0 Å². The summed E-state index contributed by atoms with van der Waals surface area (Å²) >= 11 is 0. The van der Waals surface area contributed by atoms with Crippen LogP contribution in [-0.4, -0.2) is 25.0 Å². The second kappa shape index (κ2) is 9.85. The quantitative estimate of drug-likeness (QED) is 0.178. The van der Waals surface area contributed by atoms with Gasteiger partial charge in [-0.1, -0.05) is 30.3 Å². The molecule has 0 saturated heterocycles. The summed E-state index contributed by atoms with van der Waals surface area (Å²) in [5, 5.41) is 33.2. The molecule has 0 atom stereocenters. The molecule has 0 bridgehead atoms. The van der Waals surface area contributed by atoms with Gasteiger partial charge in [0.05, 0.1) is 11.1 Å². The van der Waals surface area contributed by atoms with Gasteiger partial charge in [-0.25, -0.2) is 0 Å². The first kappa shape index (κ1) is 23.5. The molecule has 7 heteroatoms. The molecule has 7 nitrogen and oxygen atoms in total. The highest BCUT2D eigenvalue weighted by molar-refractivity contribution is 6.27. The summed E-state index contributed by atoms with van der Waals surface area (Å²) in [6.07, 6.45) is 10.3. The number of para-hydroxylation sites is 1. The van der Waals surface area contributed by atoms with Crippen LogP contribution in [0.1, 0.15) is 22.3 Å². The molecule has 0 fully saturated rings. The number of allylic oxidation sites excluding steroid dienone is 4. The minimum Gasteiger partial charge on any atom is -0.508 e. The zero-order valence-electron chi connectivity index (χ0n) is 20.6. The minimum absolute atomic E-state index is 0.0862. The van der Waals surface area contributed by atoms with Crippen LogP contribution in [-0.2, 0) is 0 Å². The van der Waals surface area contributed by atoms with Crippen LogP contribution in [0.4, 0.5) is 0 Å². The van der Waals surface area contributed by atoms with Gasteiger partial charge < -0.3 is 15.1 Å². The number of hydrogen-bond donors (Lipinski definition) is 3. The summed E-state index contributed by atoms with van der Waals surface area (Å²) in [6.45, 7) is 0. The van der Waals surface area contributed by atoms with E-state index in [9.17, 15) is 15.6 Å². The summed E-state index contributed by atoms with van der Waals surface area (Å²) in [6, 6.07) is 24.9. The predicted molar refractivity (Wildman–Crippen MR) is 152 cm³/mol. The molecule has 0 saturated carbocycles. The van der Waals surface area contributed by atoms with Gasteiger partial charge in [0.25, 0.3) is 0 Å². The standard InChI is InChI=1S/C32H20N6O/c33-14-25(27-18-37-29-8-2-1-7-23(27)29)31(20-5-3-11-35-16-20)32(21-6-4-12-36-17-21)26(15-34)28-19-38-30-10-9-22(39)13-24(28)30/h1-13,16-19,37-39H/b31-25+,32-26-. The molecule has 3 N–H and O–H groups in total. The van der Waals surface area contributed by atoms with Crippen molar-refractivity contribution in [3.63, 3.8) is 0 Å². The Morgan fingerprint density at radius 1 is 0.667 bits per heavy atom. The van der Waals surface area contributed by atoms with E-state index in [-0.39, 0.29) is 5.75 Å². The summed E-state index contributed by atoms with van der Waals surface area (Å²) in [4.78, 5) is 15.1. The van der Waals surface area contributed by atoms with Crippen molar-refractivity contribution in [3.05, 3.63) is 126 Å². The van der Waals surface area contributed by atoms with Gasteiger partial charge in [-0.3, -0.25) is 9.97 Å². The first-order chi connectivity index (χ1) is 19.2. The molecule has 0 spiro atoms. The number of nitrogens with one attached hydrogen (secondary N) is 2. The third kappa shape index (κ3) is 4.11. The van der Waals surface area contributed by atoms with E-state index in [4.69, 9.17) is 0 Å². The summed E-state index contributed by atoms with van der Waals surface area (Å²) < 4.78 is 0. The Morgan fingerprint density at radius 3 is 1.79 bits per heavy atom. The number of pyridine rings is 2. The molecule has 2 aromatic carbocycles. The van der Waals surface area contributed by atoms with Crippen LogP contribution in [0.5, 0.6) is 5.75 Å². The fourth-order valence-electron chi connectivity index (χ4n) is 4.94. The van der Waals surface area contributed by atoms with E-state index in [2.05, 4.69) is 32.1 Å². The lowest BCUT2D eigenvalue weighted by atomic mass is 9.83. The van der Waals surface area contributed by atoms with E-state index in [1.54, 1.807) is 61.3 Å². The van der Waals surface area contributed by atoms with E-state index >= 15 is 0 Å². The predicted octanol–water partition coefficient (Wildman–Crippen LogP) is 6.71. The second-order valence-electron chi connectivity index (χ2n) is 8.89. The van der Waals surface area contributed by atoms with Crippen molar-refractivity contribution in [3.8, 4) is 17.9 Å². The Morgan fingerprint density at radius 2 is 1.23 bits per heavy atom. The van der Waals surface area contributed by atoms with Crippen molar-refractivity contribution < 1.29 is 5.11 Å². The lowest BCUT2D eigenvalue weighted by Gasteiger charge is -2.18. The molecule has 0 aliphatic carbocycles. The first-order valence-corrected chi connectivity index (χ1v) is 12.2. The largest absolute Gasteiger partial charge is 0.508 e.